The summed E-state index contributed by atoms with van der Waals surface area (Å²) in [4.78, 5) is 4.49. The van der Waals surface area contributed by atoms with E-state index in [0.717, 1.165) is 10.0 Å². The summed E-state index contributed by atoms with van der Waals surface area (Å²) in [6.45, 7) is 2.13. The highest BCUT2D eigenvalue weighted by atomic mass is 79.9. The molecule has 0 unspecified atom stereocenters. The van der Waals surface area contributed by atoms with Crippen molar-refractivity contribution in [2.75, 3.05) is 12.4 Å². The van der Waals surface area contributed by atoms with Gasteiger partial charge in [-0.05, 0) is 24.6 Å². The highest BCUT2D eigenvalue weighted by Gasteiger charge is 2.59. The van der Waals surface area contributed by atoms with Gasteiger partial charge in [0.2, 0.25) is 0 Å². The predicted molar refractivity (Wildman–Crippen MR) is 83.8 cm³/mol. The SMILES string of the molecule is C[C@H]1C[C@@]2(F)CSC(N)=N[C@@]2(c2cccc(Br)c2)CO1. The van der Waals surface area contributed by atoms with Gasteiger partial charge in [0.1, 0.15) is 5.54 Å². The van der Waals surface area contributed by atoms with E-state index >= 15 is 4.39 Å². The quantitative estimate of drug-likeness (QED) is 0.838. The Hall–Kier alpha value is -0.590. The van der Waals surface area contributed by atoms with Crippen LogP contribution in [0.3, 0.4) is 0 Å². The molecule has 3 atom stereocenters. The van der Waals surface area contributed by atoms with E-state index in [9.17, 15) is 0 Å². The van der Waals surface area contributed by atoms with Gasteiger partial charge in [-0.15, -0.1) is 0 Å². The van der Waals surface area contributed by atoms with Crippen LogP contribution in [0.2, 0.25) is 0 Å². The molecule has 3 rings (SSSR count). The summed E-state index contributed by atoms with van der Waals surface area (Å²) in [6, 6.07) is 7.60. The van der Waals surface area contributed by atoms with Gasteiger partial charge in [0, 0.05) is 16.6 Å². The molecule has 0 aliphatic carbocycles. The van der Waals surface area contributed by atoms with Crippen molar-refractivity contribution < 1.29 is 9.13 Å². The van der Waals surface area contributed by atoms with Crippen molar-refractivity contribution in [1.82, 2.24) is 0 Å². The van der Waals surface area contributed by atoms with Crippen molar-refractivity contribution in [1.29, 1.82) is 0 Å². The van der Waals surface area contributed by atoms with E-state index in [2.05, 4.69) is 20.9 Å². The number of aliphatic imine (C=N–C) groups is 1. The maximum absolute atomic E-state index is 15.6. The Labute approximate surface area is 130 Å². The average molecular weight is 359 g/mol. The van der Waals surface area contributed by atoms with Gasteiger partial charge in [-0.3, -0.25) is 0 Å². The van der Waals surface area contributed by atoms with Crippen molar-refractivity contribution in [3.63, 3.8) is 0 Å². The Morgan fingerprint density at radius 1 is 1.55 bits per heavy atom. The largest absolute Gasteiger partial charge is 0.379 e. The Bertz CT molecular complexity index is 570. The molecule has 2 N–H and O–H groups in total. The maximum atomic E-state index is 15.6. The van der Waals surface area contributed by atoms with Crippen LogP contribution >= 0.6 is 27.7 Å². The summed E-state index contributed by atoms with van der Waals surface area (Å²) in [5.41, 5.74) is 4.22. The van der Waals surface area contributed by atoms with E-state index in [1.54, 1.807) is 0 Å². The molecule has 20 heavy (non-hydrogen) atoms. The van der Waals surface area contributed by atoms with Crippen LogP contribution in [0.1, 0.15) is 18.9 Å². The summed E-state index contributed by atoms with van der Waals surface area (Å²) in [6.07, 6.45) is 0.235. The molecule has 6 heteroatoms. The van der Waals surface area contributed by atoms with Crippen molar-refractivity contribution in [3.8, 4) is 0 Å². The Morgan fingerprint density at radius 2 is 2.35 bits per heavy atom. The normalized spacial score (nSPS) is 37.1. The lowest BCUT2D eigenvalue weighted by molar-refractivity contribution is -0.106. The molecule has 0 aromatic heterocycles. The van der Waals surface area contributed by atoms with E-state index < -0.39 is 11.2 Å². The van der Waals surface area contributed by atoms with Crippen molar-refractivity contribution in [2.45, 2.75) is 30.7 Å². The Kier molecular flexibility index (Phi) is 3.59. The van der Waals surface area contributed by atoms with Gasteiger partial charge in [-0.2, -0.15) is 0 Å². The molecule has 1 aromatic rings. The van der Waals surface area contributed by atoms with E-state index in [1.807, 2.05) is 31.2 Å². The number of fused-ring (bicyclic) bond motifs is 1. The van der Waals surface area contributed by atoms with Crippen molar-refractivity contribution in [2.24, 2.45) is 10.7 Å². The first kappa shape index (κ1) is 14.4. The van der Waals surface area contributed by atoms with Crippen LogP contribution in [0.25, 0.3) is 0 Å². The van der Waals surface area contributed by atoms with Gasteiger partial charge in [-0.1, -0.05) is 39.8 Å². The fourth-order valence-electron chi connectivity index (χ4n) is 2.95. The number of benzene rings is 1. The minimum absolute atomic E-state index is 0.101. The van der Waals surface area contributed by atoms with Gasteiger partial charge < -0.3 is 10.5 Å². The third-order valence-electron chi connectivity index (χ3n) is 3.98. The number of hydrogen-bond donors (Lipinski definition) is 1. The van der Waals surface area contributed by atoms with Crippen LogP contribution in [0.4, 0.5) is 4.39 Å². The molecule has 3 nitrogen and oxygen atoms in total. The fourth-order valence-corrected chi connectivity index (χ4v) is 4.30. The molecule has 0 spiro atoms. The lowest BCUT2D eigenvalue weighted by Crippen LogP contribution is -2.60. The first-order chi connectivity index (χ1) is 9.45. The summed E-state index contributed by atoms with van der Waals surface area (Å²) in [7, 11) is 0. The van der Waals surface area contributed by atoms with Crippen LogP contribution in [-0.4, -0.2) is 29.3 Å². The second kappa shape index (κ2) is 5.00. The third kappa shape index (κ3) is 2.18. The van der Waals surface area contributed by atoms with Crippen LogP contribution in [0, 0.1) is 0 Å². The smallest absolute Gasteiger partial charge is 0.155 e. The zero-order valence-electron chi connectivity index (χ0n) is 11.1. The predicted octanol–water partition coefficient (Wildman–Crippen LogP) is 3.22. The van der Waals surface area contributed by atoms with Gasteiger partial charge in [-0.25, -0.2) is 9.38 Å². The fraction of sp³-hybridized carbons (Fsp3) is 0.500. The third-order valence-corrected chi connectivity index (χ3v) is 5.46. The minimum atomic E-state index is -1.43. The molecule has 0 radical (unpaired) electrons. The molecule has 1 saturated heterocycles. The molecular weight excluding hydrogens is 343 g/mol. The van der Waals surface area contributed by atoms with Crippen LogP contribution in [0.15, 0.2) is 33.7 Å². The number of amidine groups is 1. The second-order valence-electron chi connectivity index (χ2n) is 5.40. The molecule has 1 fully saturated rings. The lowest BCUT2D eigenvalue weighted by Gasteiger charge is -2.49. The van der Waals surface area contributed by atoms with Crippen LogP contribution in [0.5, 0.6) is 0 Å². The Morgan fingerprint density at radius 3 is 3.10 bits per heavy atom. The van der Waals surface area contributed by atoms with Gasteiger partial charge in [0.25, 0.3) is 0 Å². The van der Waals surface area contributed by atoms with Crippen LogP contribution < -0.4 is 5.73 Å². The molecular formula is C14H16BrFN2OS. The molecule has 2 aliphatic heterocycles. The minimum Gasteiger partial charge on any atom is -0.379 e. The standard InChI is InChI=1S/C14H16BrFN2OS/c1-9-6-13(16)8-20-12(17)18-14(13,7-19-9)10-3-2-4-11(15)5-10/h2-5,9H,6-8H2,1H3,(H2,17,18)/t9-,13+,14+/m0/s1. The van der Waals surface area contributed by atoms with Gasteiger partial charge in [0.15, 0.2) is 10.8 Å². The highest BCUT2D eigenvalue weighted by molar-refractivity contribution is 9.10. The topological polar surface area (TPSA) is 47.6 Å². The second-order valence-corrected chi connectivity index (χ2v) is 7.31. The summed E-state index contributed by atoms with van der Waals surface area (Å²) in [5, 5.41) is 0.427. The van der Waals surface area contributed by atoms with Gasteiger partial charge in [0.05, 0.1) is 12.7 Å². The summed E-state index contributed by atoms with van der Waals surface area (Å²) < 4.78 is 22.3. The molecule has 2 heterocycles. The number of halogens is 2. The Balaban J connectivity index is 2.16. The first-order valence-electron chi connectivity index (χ1n) is 6.50. The first-order valence-corrected chi connectivity index (χ1v) is 8.28. The van der Waals surface area contributed by atoms with E-state index in [1.165, 1.54) is 11.8 Å². The van der Waals surface area contributed by atoms with E-state index in [0.29, 0.717) is 17.3 Å². The van der Waals surface area contributed by atoms with Crippen molar-refractivity contribution >= 4 is 32.9 Å². The zero-order chi connectivity index (χ0) is 14.4. The monoisotopic (exact) mass is 358 g/mol. The molecule has 2 aliphatic rings. The maximum Gasteiger partial charge on any atom is 0.155 e. The molecule has 1 aromatic carbocycles. The zero-order valence-corrected chi connectivity index (χ0v) is 13.5. The van der Waals surface area contributed by atoms with Gasteiger partial charge >= 0.3 is 0 Å². The highest BCUT2D eigenvalue weighted by Crippen LogP contribution is 2.51. The van der Waals surface area contributed by atoms with E-state index in [4.69, 9.17) is 10.5 Å². The van der Waals surface area contributed by atoms with Crippen LogP contribution in [-0.2, 0) is 10.3 Å². The number of hydrogen-bond acceptors (Lipinski definition) is 4. The van der Waals surface area contributed by atoms with Crippen molar-refractivity contribution in [3.05, 3.63) is 34.3 Å². The summed E-state index contributed by atoms with van der Waals surface area (Å²) in [5.74, 6) is 0.322. The molecule has 0 saturated carbocycles. The number of alkyl halides is 1. The number of thioether (sulfide) groups is 1. The average Bonchev–Trinajstić information content (AvgIpc) is 2.39. The molecule has 0 amide bonds. The van der Waals surface area contributed by atoms with E-state index in [-0.39, 0.29) is 12.7 Å². The lowest BCUT2D eigenvalue weighted by atomic mass is 9.73. The number of nitrogens with zero attached hydrogens (tertiary/aromatic N) is 1. The molecule has 108 valence electrons. The number of rotatable bonds is 1. The summed E-state index contributed by atoms with van der Waals surface area (Å²) >= 11 is 4.73. The number of nitrogens with two attached hydrogens (primary N) is 1. The molecule has 0 bridgehead atoms. The number of ether oxygens (including phenoxy) is 1.